The fourth-order valence-electron chi connectivity index (χ4n) is 3.17. The van der Waals surface area contributed by atoms with Crippen molar-refractivity contribution in [2.75, 3.05) is 11.9 Å². The second-order valence-corrected chi connectivity index (χ2v) is 4.97. The Kier molecular flexibility index (Phi) is 2.20. The Hall–Kier alpha value is -1.74. The second kappa shape index (κ2) is 3.89. The third kappa shape index (κ3) is 1.40. The number of fused-ring (bicyclic) bond motifs is 3. The van der Waals surface area contributed by atoms with Crippen LogP contribution in [-0.4, -0.2) is 6.61 Å². The normalized spacial score (nSPS) is 29.4. The van der Waals surface area contributed by atoms with Gasteiger partial charge < -0.3 is 14.5 Å². The number of rotatable bonds is 1. The van der Waals surface area contributed by atoms with Crippen LogP contribution in [0, 0.1) is 5.92 Å². The Morgan fingerprint density at radius 2 is 2.06 bits per heavy atom. The molecule has 0 spiro atoms. The lowest BCUT2D eigenvalue weighted by atomic mass is 9.83. The minimum atomic E-state index is 0.206. The molecule has 3 atom stereocenters. The lowest BCUT2D eigenvalue weighted by Crippen LogP contribution is -2.28. The van der Waals surface area contributed by atoms with E-state index in [0.29, 0.717) is 5.92 Å². The third-order valence-corrected chi connectivity index (χ3v) is 3.99. The molecule has 2 aromatic rings. The molecule has 1 fully saturated rings. The number of hydrogen-bond acceptors (Lipinski definition) is 3. The SMILES string of the molecule is c1coc([C@@H]2Nc3ccccc3[C@H]3OCC[C@@H]32)c1. The lowest BCUT2D eigenvalue weighted by Gasteiger charge is -2.34. The van der Waals surface area contributed by atoms with E-state index in [1.807, 2.05) is 12.1 Å². The zero-order chi connectivity index (χ0) is 11.9. The first-order valence-corrected chi connectivity index (χ1v) is 6.44. The van der Waals surface area contributed by atoms with E-state index in [4.69, 9.17) is 9.15 Å². The Bertz CT molecular complexity index is 549. The number of furan rings is 1. The summed E-state index contributed by atoms with van der Waals surface area (Å²) in [5.74, 6) is 1.47. The fourth-order valence-corrected chi connectivity index (χ4v) is 3.17. The van der Waals surface area contributed by atoms with E-state index in [9.17, 15) is 0 Å². The van der Waals surface area contributed by atoms with Gasteiger partial charge in [-0.25, -0.2) is 0 Å². The summed E-state index contributed by atoms with van der Waals surface area (Å²) in [5, 5.41) is 3.60. The Morgan fingerprint density at radius 3 is 2.94 bits per heavy atom. The van der Waals surface area contributed by atoms with Crippen LogP contribution >= 0.6 is 0 Å². The summed E-state index contributed by atoms with van der Waals surface area (Å²) in [6.07, 6.45) is 3.03. The third-order valence-electron chi connectivity index (χ3n) is 3.99. The molecule has 1 aromatic heterocycles. The van der Waals surface area contributed by atoms with E-state index >= 15 is 0 Å². The minimum absolute atomic E-state index is 0.206. The molecule has 0 bridgehead atoms. The van der Waals surface area contributed by atoms with E-state index in [0.717, 1.165) is 18.8 Å². The number of ether oxygens (including phenoxy) is 1. The quantitative estimate of drug-likeness (QED) is 0.829. The molecule has 2 aliphatic heterocycles. The monoisotopic (exact) mass is 241 g/mol. The zero-order valence-electron chi connectivity index (χ0n) is 10.0. The van der Waals surface area contributed by atoms with Gasteiger partial charge in [-0.2, -0.15) is 0 Å². The van der Waals surface area contributed by atoms with Gasteiger partial charge in [-0.05, 0) is 24.6 Å². The van der Waals surface area contributed by atoms with Gasteiger partial charge >= 0.3 is 0 Å². The zero-order valence-corrected chi connectivity index (χ0v) is 10.0. The first-order valence-electron chi connectivity index (χ1n) is 6.44. The summed E-state index contributed by atoms with van der Waals surface area (Å²) in [5.41, 5.74) is 2.45. The minimum Gasteiger partial charge on any atom is -0.467 e. The van der Waals surface area contributed by atoms with Crippen molar-refractivity contribution in [3.63, 3.8) is 0 Å². The van der Waals surface area contributed by atoms with Gasteiger partial charge in [0.2, 0.25) is 0 Å². The molecule has 18 heavy (non-hydrogen) atoms. The van der Waals surface area contributed by atoms with Crippen LogP contribution in [0.1, 0.15) is 29.9 Å². The summed E-state index contributed by atoms with van der Waals surface area (Å²) in [6, 6.07) is 12.6. The van der Waals surface area contributed by atoms with Gasteiger partial charge in [0.25, 0.3) is 0 Å². The first-order chi connectivity index (χ1) is 8.93. The molecule has 1 aromatic carbocycles. The van der Waals surface area contributed by atoms with Crippen molar-refractivity contribution >= 4 is 5.69 Å². The standard InChI is InChI=1S/C15H15NO2/c1-2-5-12-10(4-1)15-11(7-9-18-15)14(16-12)13-6-3-8-17-13/h1-6,8,11,14-16H,7,9H2/t11-,14-,15-/m1/s1. The molecule has 3 heteroatoms. The number of anilines is 1. The summed E-state index contributed by atoms with van der Waals surface area (Å²) in [6.45, 7) is 0.836. The molecular formula is C15H15NO2. The Morgan fingerprint density at radius 1 is 1.11 bits per heavy atom. The molecule has 92 valence electrons. The summed E-state index contributed by atoms with van der Waals surface area (Å²) in [4.78, 5) is 0. The Labute approximate surface area is 106 Å². The fraction of sp³-hybridized carbons (Fsp3) is 0.333. The molecule has 0 radical (unpaired) electrons. The van der Waals surface area contributed by atoms with Gasteiger partial charge in [0, 0.05) is 23.8 Å². The molecule has 2 aliphatic rings. The molecule has 0 aliphatic carbocycles. The van der Waals surface area contributed by atoms with Crippen LogP contribution in [0.3, 0.4) is 0 Å². The largest absolute Gasteiger partial charge is 0.467 e. The van der Waals surface area contributed by atoms with Crippen molar-refractivity contribution in [2.45, 2.75) is 18.6 Å². The van der Waals surface area contributed by atoms with E-state index in [1.165, 1.54) is 11.3 Å². The predicted octanol–water partition coefficient (Wildman–Crippen LogP) is 3.52. The smallest absolute Gasteiger partial charge is 0.126 e. The van der Waals surface area contributed by atoms with E-state index < -0.39 is 0 Å². The van der Waals surface area contributed by atoms with Crippen LogP contribution < -0.4 is 5.32 Å². The summed E-state index contributed by atoms with van der Waals surface area (Å²) >= 11 is 0. The van der Waals surface area contributed by atoms with Crippen molar-refractivity contribution in [2.24, 2.45) is 5.92 Å². The molecule has 1 saturated heterocycles. The number of para-hydroxylation sites is 1. The van der Waals surface area contributed by atoms with Crippen LogP contribution in [0.4, 0.5) is 5.69 Å². The van der Waals surface area contributed by atoms with E-state index in [2.05, 4.69) is 29.6 Å². The second-order valence-electron chi connectivity index (χ2n) is 4.97. The van der Waals surface area contributed by atoms with Crippen LogP contribution in [0.15, 0.2) is 47.1 Å². The summed E-state index contributed by atoms with van der Waals surface area (Å²) < 4.78 is 11.5. The highest BCUT2D eigenvalue weighted by Gasteiger charge is 2.42. The maximum Gasteiger partial charge on any atom is 0.126 e. The molecule has 0 unspecified atom stereocenters. The van der Waals surface area contributed by atoms with Gasteiger partial charge in [-0.3, -0.25) is 0 Å². The first kappa shape index (κ1) is 10.2. The average molecular weight is 241 g/mol. The van der Waals surface area contributed by atoms with Crippen LogP contribution in [0.5, 0.6) is 0 Å². The van der Waals surface area contributed by atoms with Gasteiger partial charge in [-0.15, -0.1) is 0 Å². The summed E-state index contributed by atoms with van der Waals surface area (Å²) in [7, 11) is 0. The van der Waals surface area contributed by atoms with Gasteiger partial charge in [0.05, 0.1) is 18.4 Å². The molecule has 4 rings (SSSR count). The van der Waals surface area contributed by atoms with Crippen LogP contribution in [0.2, 0.25) is 0 Å². The van der Waals surface area contributed by atoms with Crippen molar-refractivity contribution in [3.8, 4) is 0 Å². The van der Waals surface area contributed by atoms with Crippen molar-refractivity contribution in [3.05, 3.63) is 54.0 Å². The highest BCUT2D eigenvalue weighted by molar-refractivity contribution is 5.56. The predicted molar refractivity (Wildman–Crippen MR) is 68.3 cm³/mol. The number of hydrogen-bond donors (Lipinski definition) is 1. The van der Waals surface area contributed by atoms with E-state index in [-0.39, 0.29) is 12.1 Å². The molecule has 0 amide bonds. The van der Waals surface area contributed by atoms with Crippen molar-refractivity contribution in [1.82, 2.24) is 0 Å². The topological polar surface area (TPSA) is 34.4 Å². The van der Waals surface area contributed by atoms with Crippen LogP contribution in [-0.2, 0) is 4.74 Å². The molecule has 3 nitrogen and oxygen atoms in total. The van der Waals surface area contributed by atoms with Gasteiger partial charge in [0.1, 0.15) is 5.76 Å². The number of benzene rings is 1. The highest BCUT2D eigenvalue weighted by Crippen LogP contribution is 2.49. The number of nitrogens with one attached hydrogen (secondary N) is 1. The molecule has 1 N–H and O–H groups in total. The van der Waals surface area contributed by atoms with E-state index in [1.54, 1.807) is 6.26 Å². The van der Waals surface area contributed by atoms with Crippen molar-refractivity contribution in [1.29, 1.82) is 0 Å². The highest BCUT2D eigenvalue weighted by atomic mass is 16.5. The average Bonchev–Trinajstić information content (AvgIpc) is 3.09. The van der Waals surface area contributed by atoms with Crippen molar-refractivity contribution < 1.29 is 9.15 Å². The van der Waals surface area contributed by atoms with Crippen LogP contribution in [0.25, 0.3) is 0 Å². The Balaban J connectivity index is 1.80. The van der Waals surface area contributed by atoms with Gasteiger partial charge in [-0.1, -0.05) is 18.2 Å². The maximum absolute atomic E-state index is 5.93. The maximum atomic E-state index is 5.93. The molecule has 3 heterocycles. The van der Waals surface area contributed by atoms with Gasteiger partial charge in [0.15, 0.2) is 0 Å². The lowest BCUT2D eigenvalue weighted by molar-refractivity contribution is 0.0808. The molecule has 0 saturated carbocycles. The molecular weight excluding hydrogens is 226 g/mol.